The summed E-state index contributed by atoms with van der Waals surface area (Å²) in [5.41, 5.74) is 1.17. The smallest absolute Gasteiger partial charge is 0.261 e. The van der Waals surface area contributed by atoms with Crippen LogP contribution in [0.5, 0.6) is 0 Å². The molecule has 1 N–H and O–H groups in total. The van der Waals surface area contributed by atoms with Crippen molar-refractivity contribution < 1.29 is 18.3 Å². The second-order valence-corrected chi connectivity index (χ2v) is 7.03. The first-order valence-electron chi connectivity index (χ1n) is 7.27. The molecule has 0 unspecified atom stereocenters. The zero-order valence-electron chi connectivity index (χ0n) is 12.9. The van der Waals surface area contributed by atoms with Gasteiger partial charge in [0.2, 0.25) is 0 Å². The Kier molecular flexibility index (Phi) is 5.05. The zero-order chi connectivity index (χ0) is 17.0. The third kappa shape index (κ3) is 4.10. The van der Waals surface area contributed by atoms with Gasteiger partial charge >= 0.3 is 0 Å². The number of carbonyl (C=O) groups is 1. The summed E-state index contributed by atoms with van der Waals surface area (Å²) in [6.45, 7) is 4.15. The standard InChI is InChI=1S/C17H19NO4S/c1-3-12(2)13-7-9-16(10-8-13)23(21,22)18-15-6-4-5-14(11-15)17(19)20/h4-12,18H,3H2,1-2H3,(H,19,20)/p-1/t12-/m1/s1. The summed E-state index contributed by atoms with van der Waals surface area (Å²) in [6.07, 6.45) is 0.973. The van der Waals surface area contributed by atoms with Gasteiger partial charge in [-0.2, -0.15) is 0 Å². The molecule has 6 heteroatoms. The van der Waals surface area contributed by atoms with Gasteiger partial charge in [-0.05, 0) is 47.7 Å². The lowest BCUT2D eigenvalue weighted by molar-refractivity contribution is -0.255. The van der Waals surface area contributed by atoms with Crippen LogP contribution in [-0.2, 0) is 10.0 Å². The van der Waals surface area contributed by atoms with Gasteiger partial charge in [-0.15, -0.1) is 0 Å². The lowest BCUT2D eigenvalue weighted by Crippen LogP contribution is -2.22. The van der Waals surface area contributed by atoms with E-state index in [2.05, 4.69) is 18.6 Å². The normalized spacial score (nSPS) is 12.6. The van der Waals surface area contributed by atoms with Gasteiger partial charge in [0.1, 0.15) is 0 Å². The monoisotopic (exact) mass is 332 g/mol. The molecule has 2 rings (SSSR count). The Bertz CT molecular complexity index is 798. The molecule has 1 atom stereocenters. The second-order valence-electron chi connectivity index (χ2n) is 5.35. The summed E-state index contributed by atoms with van der Waals surface area (Å²) in [6, 6.07) is 12.2. The van der Waals surface area contributed by atoms with E-state index in [0.717, 1.165) is 12.0 Å². The summed E-state index contributed by atoms with van der Waals surface area (Å²) in [4.78, 5) is 11.0. The SMILES string of the molecule is CC[C@@H](C)c1ccc(S(=O)(=O)Nc2cccc(C(=O)[O-])c2)cc1. The third-order valence-electron chi connectivity index (χ3n) is 3.72. The summed E-state index contributed by atoms with van der Waals surface area (Å²) in [5.74, 6) is -0.997. The predicted octanol–water partition coefficient (Wildman–Crippen LogP) is 2.36. The Hall–Kier alpha value is -2.34. The Labute approximate surface area is 136 Å². The van der Waals surface area contributed by atoms with Crippen molar-refractivity contribution in [1.82, 2.24) is 0 Å². The van der Waals surface area contributed by atoms with Gasteiger partial charge in [0.15, 0.2) is 0 Å². The van der Waals surface area contributed by atoms with Gasteiger partial charge in [0.05, 0.1) is 10.9 Å². The number of sulfonamides is 1. The highest BCUT2D eigenvalue weighted by atomic mass is 32.2. The summed E-state index contributed by atoms with van der Waals surface area (Å²) in [5, 5.41) is 10.8. The van der Waals surface area contributed by atoms with E-state index in [-0.39, 0.29) is 16.1 Å². The van der Waals surface area contributed by atoms with E-state index < -0.39 is 16.0 Å². The highest BCUT2D eigenvalue weighted by Crippen LogP contribution is 2.22. The Morgan fingerprint density at radius 1 is 1.17 bits per heavy atom. The number of rotatable bonds is 6. The number of aromatic carboxylic acids is 1. The number of hydrogen-bond donors (Lipinski definition) is 1. The van der Waals surface area contributed by atoms with Crippen LogP contribution in [0.25, 0.3) is 0 Å². The molecular formula is C17H18NO4S-. The molecule has 0 bridgehead atoms. The van der Waals surface area contributed by atoms with Crippen LogP contribution in [-0.4, -0.2) is 14.4 Å². The average molecular weight is 332 g/mol. The van der Waals surface area contributed by atoms with Crippen LogP contribution in [0.2, 0.25) is 0 Å². The molecule has 2 aromatic rings. The number of carbonyl (C=O) groups excluding carboxylic acids is 1. The van der Waals surface area contributed by atoms with Gasteiger partial charge in [0.25, 0.3) is 10.0 Å². The van der Waals surface area contributed by atoms with Crippen LogP contribution in [0.15, 0.2) is 53.4 Å². The van der Waals surface area contributed by atoms with Gasteiger partial charge in [0, 0.05) is 5.69 Å². The van der Waals surface area contributed by atoms with Gasteiger partial charge in [-0.1, -0.05) is 38.1 Å². The molecule has 0 saturated heterocycles. The topological polar surface area (TPSA) is 86.3 Å². The Morgan fingerprint density at radius 3 is 2.39 bits per heavy atom. The Morgan fingerprint density at radius 2 is 1.83 bits per heavy atom. The highest BCUT2D eigenvalue weighted by molar-refractivity contribution is 7.92. The molecule has 0 aliphatic carbocycles. The molecule has 0 heterocycles. The van der Waals surface area contributed by atoms with Crippen LogP contribution < -0.4 is 9.83 Å². The number of hydrogen-bond acceptors (Lipinski definition) is 4. The minimum absolute atomic E-state index is 0.0858. The number of nitrogens with one attached hydrogen (secondary N) is 1. The van der Waals surface area contributed by atoms with E-state index >= 15 is 0 Å². The van der Waals surface area contributed by atoms with E-state index in [9.17, 15) is 18.3 Å². The Balaban J connectivity index is 2.25. The molecule has 0 fully saturated rings. The fourth-order valence-electron chi connectivity index (χ4n) is 2.13. The molecule has 0 spiro atoms. The minimum atomic E-state index is -3.77. The molecule has 0 saturated carbocycles. The summed E-state index contributed by atoms with van der Waals surface area (Å²) in [7, 11) is -3.77. The fraction of sp³-hybridized carbons (Fsp3) is 0.235. The summed E-state index contributed by atoms with van der Waals surface area (Å²) < 4.78 is 27.1. The van der Waals surface area contributed by atoms with Crippen LogP contribution >= 0.6 is 0 Å². The van der Waals surface area contributed by atoms with Crippen molar-refractivity contribution in [2.45, 2.75) is 31.1 Å². The largest absolute Gasteiger partial charge is 0.545 e. The van der Waals surface area contributed by atoms with Crippen LogP contribution in [0.3, 0.4) is 0 Å². The van der Waals surface area contributed by atoms with E-state index in [1.807, 2.05) is 0 Å². The molecule has 5 nitrogen and oxygen atoms in total. The maximum absolute atomic E-state index is 12.4. The van der Waals surface area contributed by atoms with Crippen molar-refractivity contribution in [3.63, 3.8) is 0 Å². The van der Waals surface area contributed by atoms with Crippen molar-refractivity contribution in [2.75, 3.05) is 4.72 Å². The first-order valence-corrected chi connectivity index (χ1v) is 8.76. The van der Waals surface area contributed by atoms with Gasteiger partial charge < -0.3 is 9.90 Å². The van der Waals surface area contributed by atoms with E-state index in [0.29, 0.717) is 5.92 Å². The van der Waals surface area contributed by atoms with E-state index in [4.69, 9.17) is 0 Å². The molecule has 0 aliphatic heterocycles. The molecule has 2 aromatic carbocycles. The molecule has 0 aromatic heterocycles. The number of carboxylic acid groups (broad SMARTS) is 1. The first-order chi connectivity index (χ1) is 10.8. The van der Waals surface area contributed by atoms with E-state index in [1.54, 1.807) is 24.3 Å². The summed E-state index contributed by atoms with van der Waals surface area (Å²) >= 11 is 0. The molecule has 0 aliphatic rings. The lowest BCUT2D eigenvalue weighted by Gasteiger charge is -2.12. The van der Waals surface area contributed by atoms with E-state index in [1.165, 1.54) is 24.3 Å². The maximum Gasteiger partial charge on any atom is 0.261 e. The van der Waals surface area contributed by atoms with Crippen LogP contribution in [0, 0.1) is 0 Å². The highest BCUT2D eigenvalue weighted by Gasteiger charge is 2.15. The van der Waals surface area contributed by atoms with Crippen LogP contribution in [0.1, 0.15) is 42.1 Å². The molecule has 0 radical (unpaired) electrons. The van der Waals surface area contributed by atoms with Gasteiger partial charge in [-0.25, -0.2) is 8.42 Å². The molecule has 122 valence electrons. The third-order valence-corrected chi connectivity index (χ3v) is 5.12. The van der Waals surface area contributed by atoms with Gasteiger partial charge in [-0.3, -0.25) is 4.72 Å². The number of anilines is 1. The number of carboxylic acids is 1. The first kappa shape index (κ1) is 17.0. The second kappa shape index (κ2) is 6.83. The predicted molar refractivity (Wildman–Crippen MR) is 86.7 cm³/mol. The van der Waals surface area contributed by atoms with Crippen molar-refractivity contribution in [2.24, 2.45) is 0 Å². The molecule has 0 amide bonds. The average Bonchev–Trinajstić information content (AvgIpc) is 2.54. The fourth-order valence-corrected chi connectivity index (χ4v) is 3.18. The minimum Gasteiger partial charge on any atom is -0.545 e. The molecule has 23 heavy (non-hydrogen) atoms. The maximum atomic E-state index is 12.4. The lowest BCUT2D eigenvalue weighted by atomic mass is 9.99. The van der Waals surface area contributed by atoms with Crippen molar-refractivity contribution in [1.29, 1.82) is 0 Å². The van der Waals surface area contributed by atoms with Crippen molar-refractivity contribution >= 4 is 21.7 Å². The van der Waals surface area contributed by atoms with Crippen LogP contribution in [0.4, 0.5) is 5.69 Å². The zero-order valence-corrected chi connectivity index (χ0v) is 13.8. The quantitative estimate of drug-likeness (QED) is 0.880. The van der Waals surface area contributed by atoms with Crippen molar-refractivity contribution in [3.05, 3.63) is 59.7 Å². The van der Waals surface area contributed by atoms with Crippen molar-refractivity contribution in [3.8, 4) is 0 Å². The number of benzene rings is 2. The molecular weight excluding hydrogens is 314 g/mol.